The van der Waals surface area contributed by atoms with Gasteiger partial charge in [-0.1, -0.05) is 30.7 Å². The van der Waals surface area contributed by atoms with E-state index in [-0.39, 0.29) is 17.9 Å². The van der Waals surface area contributed by atoms with Crippen LogP contribution in [0.2, 0.25) is 5.02 Å². The predicted molar refractivity (Wildman–Crippen MR) is 116 cm³/mol. The first-order valence-corrected chi connectivity index (χ1v) is 9.55. The van der Waals surface area contributed by atoms with Gasteiger partial charge in [-0.15, -0.1) is 0 Å². The molecule has 0 heterocycles. The van der Waals surface area contributed by atoms with E-state index in [1.165, 1.54) is 20.3 Å². The van der Waals surface area contributed by atoms with Crippen LogP contribution in [0.5, 0.6) is 11.5 Å². The summed E-state index contributed by atoms with van der Waals surface area (Å²) in [6, 6.07) is 10.6. The molecule has 1 unspecified atom stereocenters. The molecule has 2 amide bonds. The molecule has 0 aromatic heterocycles. The lowest BCUT2D eigenvalue weighted by Crippen LogP contribution is -2.24. The summed E-state index contributed by atoms with van der Waals surface area (Å²) in [4.78, 5) is 23.7. The molecule has 0 saturated carbocycles. The van der Waals surface area contributed by atoms with Crippen LogP contribution in [0.4, 0.5) is 5.69 Å². The molecule has 0 aliphatic heterocycles. The highest BCUT2D eigenvalue weighted by Gasteiger charge is 2.11. The van der Waals surface area contributed by atoms with Crippen LogP contribution < -0.4 is 20.1 Å². The standard InChI is InChI=1S/C22H25ClN2O4/c1-5-20(26)25-17-9-7-16(8-10-17)14(2)24-21(27)11-6-15-12-18(23)22(29-4)19(13-15)28-3/h6-14H,5H2,1-4H3,(H,24,27)(H,25,26)/b11-6+. The first-order valence-electron chi connectivity index (χ1n) is 9.17. The van der Waals surface area contributed by atoms with Gasteiger partial charge in [0.05, 0.1) is 25.3 Å². The second-order valence-electron chi connectivity index (χ2n) is 6.33. The van der Waals surface area contributed by atoms with Crippen LogP contribution in [-0.4, -0.2) is 26.0 Å². The molecule has 0 spiro atoms. The van der Waals surface area contributed by atoms with E-state index in [0.717, 1.165) is 11.3 Å². The molecule has 0 aliphatic carbocycles. The van der Waals surface area contributed by atoms with Gasteiger partial charge in [0, 0.05) is 18.2 Å². The minimum Gasteiger partial charge on any atom is -0.493 e. The number of amides is 2. The van der Waals surface area contributed by atoms with Crippen molar-refractivity contribution in [2.45, 2.75) is 26.3 Å². The van der Waals surface area contributed by atoms with Gasteiger partial charge < -0.3 is 20.1 Å². The molecule has 0 fully saturated rings. The van der Waals surface area contributed by atoms with Gasteiger partial charge in [-0.25, -0.2) is 0 Å². The normalized spacial score (nSPS) is 11.8. The van der Waals surface area contributed by atoms with Gasteiger partial charge in [-0.3, -0.25) is 9.59 Å². The van der Waals surface area contributed by atoms with E-state index in [4.69, 9.17) is 21.1 Å². The number of carbonyl (C=O) groups is 2. The van der Waals surface area contributed by atoms with E-state index in [1.54, 1.807) is 25.1 Å². The highest BCUT2D eigenvalue weighted by molar-refractivity contribution is 6.32. The number of halogens is 1. The Bertz CT molecular complexity index is 894. The van der Waals surface area contributed by atoms with Crippen molar-refractivity contribution >= 4 is 35.2 Å². The monoisotopic (exact) mass is 416 g/mol. The molecular weight excluding hydrogens is 392 g/mol. The van der Waals surface area contributed by atoms with Crippen molar-refractivity contribution in [1.82, 2.24) is 5.32 Å². The number of nitrogens with one attached hydrogen (secondary N) is 2. The zero-order valence-electron chi connectivity index (χ0n) is 16.9. The first-order chi connectivity index (χ1) is 13.9. The largest absolute Gasteiger partial charge is 0.493 e. The first kappa shape index (κ1) is 22.3. The van der Waals surface area contributed by atoms with Crippen molar-refractivity contribution in [2.24, 2.45) is 0 Å². The van der Waals surface area contributed by atoms with Crippen LogP contribution in [0.3, 0.4) is 0 Å². The fourth-order valence-corrected chi connectivity index (χ4v) is 2.95. The maximum atomic E-state index is 12.3. The summed E-state index contributed by atoms with van der Waals surface area (Å²) in [6.07, 6.45) is 3.51. The number of carbonyl (C=O) groups excluding carboxylic acids is 2. The van der Waals surface area contributed by atoms with E-state index in [1.807, 2.05) is 31.2 Å². The van der Waals surface area contributed by atoms with Crippen molar-refractivity contribution in [2.75, 3.05) is 19.5 Å². The topological polar surface area (TPSA) is 76.7 Å². The van der Waals surface area contributed by atoms with Gasteiger partial charge in [0.2, 0.25) is 11.8 Å². The van der Waals surface area contributed by atoms with Crippen LogP contribution in [0, 0.1) is 0 Å². The van der Waals surface area contributed by atoms with Crippen molar-refractivity contribution < 1.29 is 19.1 Å². The van der Waals surface area contributed by atoms with E-state index in [9.17, 15) is 9.59 Å². The molecular formula is C22H25ClN2O4. The molecule has 2 aromatic carbocycles. The Kier molecular flexibility index (Phi) is 8.09. The number of rotatable bonds is 8. The second kappa shape index (κ2) is 10.5. The van der Waals surface area contributed by atoms with Gasteiger partial charge in [0.15, 0.2) is 11.5 Å². The Morgan fingerprint density at radius 3 is 2.41 bits per heavy atom. The maximum Gasteiger partial charge on any atom is 0.244 e. The van der Waals surface area contributed by atoms with Crippen LogP contribution in [0.25, 0.3) is 6.08 Å². The van der Waals surface area contributed by atoms with Crippen molar-refractivity contribution in [3.63, 3.8) is 0 Å². The average molecular weight is 417 g/mol. The third-order valence-corrected chi connectivity index (χ3v) is 4.54. The fourth-order valence-electron chi connectivity index (χ4n) is 2.66. The number of hydrogen-bond acceptors (Lipinski definition) is 4. The molecule has 29 heavy (non-hydrogen) atoms. The van der Waals surface area contributed by atoms with Gasteiger partial charge in [-0.05, 0) is 48.4 Å². The molecule has 0 aliphatic rings. The highest BCUT2D eigenvalue weighted by atomic mass is 35.5. The lowest BCUT2D eigenvalue weighted by Gasteiger charge is -2.14. The SMILES string of the molecule is CCC(=O)Nc1ccc(C(C)NC(=O)/C=C/c2cc(Cl)c(OC)c(OC)c2)cc1. The summed E-state index contributed by atoms with van der Waals surface area (Å²) in [5, 5.41) is 6.09. The minimum atomic E-state index is -0.244. The fraction of sp³-hybridized carbons (Fsp3) is 0.273. The third kappa shape index (κ3) is 6.26. The summed E-state index contributed by atoms with van der Waals surface area (Å²) in [6.45, 7) is 3.68. The number of anilines is 1. The quantitative estimate of drug-likeness (QED) is 0.617. The number of methoxy groups -OCH3 is 2. The lowest BCUT2D eigenvalue weighted by molar-refractivity contribution is -0.117. The van der Waals surface area contributed by atoms with Gasteiger partial charge >= 0.3 is 0 Å². The zero-order chi connectivity index (χ0) is 21.4. The van der Waals surface area contributed by atoms with Crippen LogP contribution in [0.1, 0.15) is 37.4 Å². The molecule has 2 N–H and O–H groups in total. The smallest absolute Gasteiger partial charge is 0.244 e. The number of ether oxygens (including phenoxy) is 2. The Morgan fingerprint density at radius 1 is 1.14 bits per heavy atom. The zero-order valence-corrected chi connectivity index (χ0v) is 17.7. The van der Waals surface area contributed by atoms with E-state index < -0.39 is 0 Å². The summed E-state index contributed by atoms with van der Waals surface area (Å²) in [5.74, 6) is 0.651. The van der Waals surface area contributed by atoms with Crippen molar-refractivity contribution in [1.29, 1.82) is 0 Å². The summed E-state index contributed by atoms with van der Waals surface area (Å²) >= 11 is 6.18. The van der Waals surface area contributed by atoms with Crippen LogP contribution >= 0.6 is 11.6 Å². The Morgan fingerprint density at radius 2 is 1.83 bits per heavy atom. The summed E-state index contributed by atoms with van der Waals surface area (Å²) in [5.41, 5.74) is 2.37. The summed E-state index contributed by atoms with van der Waals surface area (Å²) < 4.78 is 10.5. The second-order valence-corrected chi connectivity index (χ2v) is 6.73. The predicted octanol–water partition coefficient (Wildman–Crippen LogP) is 4.60. The molecule has 154 valence electrons. The molecule has 6 nitrogen and oxygen atoms in total. The Hall–Kier alpha value is -2.99. The van der Waals surface area contributed by atoms with Crippen molar-refractivity contribution in [3.8, 4) is 11.5 Å². The molecule has 0 bridgehead atoms. The van der Waals surface area contributed by atoms with Gasteiger partial charge in [0.25, 0.3) is 0 Å². The van der Waals surface area contributed by atoms with E-state index in [0.29, 0.717) is 28.5 Å². The molecule has 2 aromatic rings. The molecule has 2 rings (SSSR count). The Labute approximate surface area is 175 Å². The third-order valence-electron chi connectivity index (χ3n) is 4.26. The van der Waals surface area contributed by atoms with Gasteiger partial charge in [-0.2, -0.15) is 0 Å². The molecule has 1 atom stereocenters. The van der Waals surface area contributed by atoms with E-state index in [2.05, 4.69) is 10.6 Å². The molecule has 0 radical (unpaired) electrons. The minimum absolute atomic E-state index is 0.0421. The van der Waals surface area contributed by atoms with Crippen molar-refractivity contribution in [3.05, 3.63) is 58.6 Å². The van der Waals surface area contributed by atoms with Crippen LogP contribution in [-0.2, 0) is 9.59 Å². The van der Waals surface area contributed by atoms with Gasteiger partial charge in [0.1, 0.15) is 0 Å². The molecule has 0 saturated heterocycles. The maximum absolute atomic E-state index is 12.3. The Balaban J connectivity index is 2.01. The summed E-state index contributed by atoms with van der Waals surface area (Å²) in [7, 11) is 3.04. The van der Waals surface area contributed by atoms with E-state index >= 15 is 0 Å². The molecule has 7 heteroatoms. The average Bonchev–Trinajstić information content (AvgIpc) is 2.72. The number of benzene rings is 2. The lowest BCUT2D eigenvalue weighted by atomic mass is 10.1. The van der Waals surface area contributed by atoms with Crippen LogP contribution in [0.15, 0.2) is 42.5 Å². The highest BCUT2D eigenvalue weighted by Crippen LogP contribution is 2.36. The number of hydrogen-bond donors (Lipinski definition) is 2.